The highest BCUT2D eigenvalue weighted by Crippen LogP contribution is 2.31. The van der Waals surface area contributed by atoms with E-state index < -0.39 is 23.2 Å². The number of amides is 1. The molecule has 0 saturated carbocycles. The lowest BCUT2D eigenvalue weighted by atomic mass is 10.0. The van der Waals surface area contributed by atoms with Crippen LogP contribution >= 0.6 is 11.8 Å². The third kappa shape index (κ3) is 5.00. The van der Waals surface area contributed by atoms with Gasteiger partial charge in [0, 0.05) is 18.4 Å². The van der Waals surface area contributed by atoms with Gasteiger partial charge in [-0.15, -0.1) is 0 Å². The Hall–Kier alpha value is -1.47. The van der Waals surface area contributed by atoms with Gasteiger partial charge in [-0.05, 0) is 42.4 Å². The Labute approximate surface area is 137 Å². The van der Waals surface area contributed by atoms with Crippen molar-refractivity contribution in [1.29, 1.82) is 0 Å². The molecule has 1 aliphatic heterocycles. The van der Waals surface area contributed by atoms with Gasteiger partial charge in [0.2, 0.25) is 5.91 Å². The van der Waals surface area contributed by atoms with Crippen molar-refractivity contribution in [2.24, 2.45) is 0 Å². The quantitative estimate of drug-likeness (QED) is 0.825. The van der Waals surface area contributed by atoms with Crippen molar-refractivity contribution in [1.82, 2.24) is 5.32 Å². The standard InChI is InChI=1S/C16H18F3NO2S/c1-11(12-3-2-4-13(8-12)16(17,18)19)7-14(21)20-9-15(22)5-6-23-10-15/h2-4,7-8,22H,5-6,9-10H2,1H3,(H,20,21)/b11-7-. The third-order valence-electron chi connectivity index (χ3n) is 3.67. The van der Waals surface area contributed by atoms with Crippen LogP contribution in [0.15, 0.2) is 30.3 Å². The molecule has 7 heteroatoms. The maximum Gasteiger partial charge on any atom is 0.416 e. The summed E-state index contributed by atoms with van der Waals surface area (Å²) in [6.07, 6.45) is -2.54. The van der Waals surface area contributed by atoms with Crippen LogP contribution in [0.5, 0.6) is 0 Å². The Balaban J connectivity index is 2.02. The fourth-order valence-corrected chi connectivity index (χ4v) is 3.55. The molecule has 0 aromatic heterocycles. The van der Waals surface area contributed by atoms with E-state index in [9.17, 15) is 23.1 Å². The van der Waals surface area contributed by atoms with E-state index in [-0.39, 0.29) is 6.54 Å². The highest BCUT2D eigenvalue weighted by Gasteiger charge is 2.32. The number of carbonyl (C=O) groups is 1. The van der Waals surface area contributed by atoms with Crippen molar-refractivity contribution in [2.75, 3.05) is 18.1 Å². The number of aliphatic hydroxyl groups is 1. The maximum atomic E-state index is 12.7. The summed E-state index contributed by atoms with van der Waals surface area (Å²) in [4.78, 5) is 11.9. The van der Waals surface area contributed by atoms with Gasteiger partial charge in [-0.1, -0.05) is 12.1 Å². The minimum absolute atomic E-state index is 0.144. The molecule has 0 bridgehead atoms. The fourth-order valence-electron chi connectivity index (χ4n) is 2.26. The number of rotatable bonds is 4. The Bertz CT molecular complexity index is 608. The molecule has 1 aromatic rings. The van der Waals surface area contributed by atoms with Crippen LogP contribution in [0.4, 0.5) is 13.2 Å². The molecule has 0 aliphatic carbocycles. The van der Waals surface area contributed by atoms with Gasteiger partial charge in [-0.25, -0.2) is 0 Å². The molecule has 2 N–H and O–H groups in total. The van der Waals surface area contributed by atoms with Crippen LogP contribution in [0, 0.1) is 0 Å². The molecule has 1 aliphatic rings. The summed E-state index contributed by atoms with van der Waals surface area (Å²) in [5.41, 5.74) is -0.870. The fraction of sp³-hybridized carbons (Fsp3) is 0.438. The van der Waals surface area contributed by atoms with Gasteiger partial charge in [0.05, 0.1) is 11.2 Å². The number of nitrogens with one attached hydrogen (secondary N) is 1. The molecule has 0 radical (unpaired) electrons. The second-order valence-electron chi connectivity index (χ2n) is 5.65. The van der Waals surface area contributed by atoms with E-state index >= 15 is 0 Å². The zero-order chi connectivity index (χ0) is 17.1. The normalized spacial score (nSPS) is 22.2. The lowest BCUT2D eigenvalue weighted by molar-refractivity contribution is -0.137. The zero-order valence-corrected chi connectivity index (χ0v) is 13.4. The molecule has 3 nitrogen and oxygen atoms in total. The number of alkyl halides is 3. The molecule has 1 aromatic carbocycles. The van der Waals surface area contributed by atoms with E-state index in [0.29, 0.717) is 23.3 Å². The molecule has 1 heterocycles. The van der Waals surface area contributed by atoms with E-state index in [1.165, 1.54) is 18.2 Å². The second-order valence-corrected chi connectivity index (χ2v) is 6.76. The minimum Gasteiger partial charge on any atom is -0.387 e. The smallest absolute Gasteiger partial charge is 0.387 e. The van der Waals surface area contributed by atoms with E-state index in [2.05, 4.69) is 5.32 Å². The molecule has 126 valence electrons. The molecular weight excluding hydrogens is 327 g/mol. The summed E-state index contributed by atoms with van der Waals surface area (Å²) in [5, 5.41) is 12.7. The largest absolute Gasteiger partial charge is 0.416 e. The SMILES string of the molecule is C/C(=C/C(=O)NCC1(O)CCSC1)c1cccc(C(F)(F)F)c1. The summed E-state index contributed by atoms with van der Waals surface area (Å²) >= 11 is 1.62. The number of hydrogen-bond acceptors (Lipinski definition) is 3. The summed E-state index contributed by atoms with van der Waals surface area (Å²) in [6, 6.07) is 4.84. The first-order valence-electron chi connectivity index (χ1n) is 7.13. The topological polar surface area (TPSA) is 49.3 Å². The van der Waals surface area contributed by atoms with Crippen LogP contribution in [0.3, 0.4) is 0 Å². The van der Waals surface area contributed by atoms with Gasteiger partial charge in [-0.2, -0.15) is 24.9 Å². The molecule has 1 unspecified atom stereocenters. The lowest BCUT2D eigenvalue weighted by Gasteiger charge is -2.21. The van der Waals surface area contributed by atoms with Gasteiger partial charge in [-0.3, -0.25) is 4.79 Å². The van der Waals surface area contributed by atoms with Crippen molar-refractivity contribution in [3.05, 3.63) is 41.5 Å². The number of benzene rings is 1. The Morgan fingerprint density at radius 2 is 2.22 bits per heavy atom. The first-order valence-corrected chi connectivity index (χ1v) is 8.29. The molecule has 1 atom stereocenters. The molecule has 1 amide bonds. The highest BCUT2D eigenvalue weighted by atomic mass is 32.2. The van der Waals surface area contributed by atoms with Crippen LogP contribution in [0.1, 0.15) is 24.5 Å². The molecule has 1 fully saturated rings. The number of thioether (sulfide) groups is 1. The average Bonchev–Trinajstić information content (AvgIpc) is 2.92. The molecule has 1 saturated heterocycles. The van der Waals surface area contributed by atoms with E-state index in [1.807, 2.05) is 0 Å². The second kappa shape index (κ2) is 6.97. The highest BCUT2D eigenvalue weighted by molar-refractivity contribution is 7.99. The Kier molecular flexibility index (Phi) is 5.41. The number of halogens is 3. The summed E-state index contributed by atoms with van der Waals surface area (Å²) in [7, 11) is 0. The van der Waals surface area contributed by atoms with E-state index in [4.69, 9.17) is 0 Å². The van der Waals surface area contributed by atoms with Crippen molar-refractivity contribution >= 4 is 23.2 Å². The van der Waals surface area contributed by atoms with E-state index in [0.717, 1.165) is 17.9 Å². The third-order valence-corrected chi connectivity index (χ3v) is 4.90. The number of carbonyl (C=O) groups excluding carboxylic acids is 1. The maximum absolute atomic E-state index is 12.7. The van der Waals surface area contributed by atoms with Gasteiger partial charge < -0.3 is 10.4 Å². The number of allylic oxidation sites excluding steroid dienone is 1. The minimum atomic E-state index is -4.41. The van der Waals surface area contributed by atoms with Crippen LogP contribution in [-0.4, -0.2) is 34.7 Å². The predicted molar refractivity (Wildman–Crippen MR) is 85.0 cm³/mol. The van der Waals surface area contributed by atoms with Gasteiger partial charge >= 0.3 is 6.18 Å². The van der Waals surface area contributed by atoms with Crippen LogP contribution in [0.25, 0.3) is 5.57 Å². The molecule has 23 heavy (non-hydrogen) atoms. The average molecular weight is 345 g/mol. The molecular formula is C16H18F3NO2S. The van der Waals surface area contributed by atoms with Crippen LogP contribution in [0.2, 0.25) is 0 Å². The van der Waals surface area contributed by atoms with Crippen LogP contribution in [-0.2, 0) is 11.0 Å². The van der Waals surface area contributed by atoms with Crippen molar-refractivity contribution in [3.8, 4) is 0 Å². The first kappa shape index (κ1) is 17.9. The van der Waals surface area contributed by atoms with Crippen molar-refractivity contribution in [3.63, 3.8) is 0 Å². The predicted octanol–water partition coefficient (Wildman–Crippen LogP) is 3.09. The zero-order valence-electron chi connectivity index (χ0n) is 12.6. The Morgan fingerprint density at radius 3 is 2.83 bits per heavy atom. The van der Waals surface area contributed by atoms with Gasteiger partial charge in [0.15, 0.2) is 0 Å². The van der Waals surface area contributed by atoms with Gasteiger partial charge in [0.1, 0.15) is 0 Å². The Morgan fingerprint density at radius 1 is 1.48 bits per heavy atom. The molecule has 2 rings (SSSR count). The molecule has 0 spiro atoms. The number of hydrogen-bond donors (Lipinski definition) is 2. The monoisotopic (exact) mass is 345 g/mol. The van der Waals surface area contributed by atoms with Gasteiger partial charge in [0.25, 0.3) is 0 Å². The van der Waals surface area contributed by atoms with Crippen molar-refractivity contribution < 1.29 is 23.1 Å². The summed E-state index contributed by atoms with van der Waals surface area (Å²) < 4.78 is 38.1. The van der Waals surface area contributed by atoms with Crippen LogP contribution < -0.4 is 5.32 Å². The lowest BCUT2D eigenvalue weighted by Crippen LogP contribution is -2.42. The van der Waals surface area contributed by atoms with E-state index in [1.54, 1.807) is 18.7 Å². The van der Waals surface area contributed by atoms with Crippen molar-refractivity contribution in [2.45, 2.75) is 25.1 Å². The summed E-state index contributed by atoms with van der Waals surface area (Å²) in [5.74, 6) is 1.000. The first-order chi connectivity index (χ1) is 10.7. The summed E-state index contributed by atoms with van der Waals surface area (Å²) in [6.45, 7) is 1.72.